The van der Waals surface area contributed by atoms with Crippen LogP contribution in [-0.2, 0) is 4.74 Å². The molecule has 0 atom stereocenters. The summed E-state index contributed by atoms with van der Waals surface area (Å²) in [7, 11) is 0. The van der Waals surface area contributed by atoms with E-state index in [2.05, 4.69) is 4.99 Å². The van der Waals surface area contributed by atoms with E-state index in [4.69, 9.17) is 14.9 Å². The summed E-state index contributed by atoms with van der Waals surface area (Å²) in [6.45, 7) is -0.0652. The molecule has 0 bridgehead atoms. The summed E-state index contributed by atoms with van der Waals surface area (Å²) in [5.74, 6) is 0. The third kappa shape index (κ3) is 1.40. The second-order valence-corrected chi connectivity index (χ2v) is 3.12. The van der Waals surface area contributed by atoms with Gasteiger partial charge in [0.25, 0.3) is 0 Å². The fourth-order valence-electron chi connectivity index (χ4n) is 0.657. The maximum Gasteiger partial charge on any atom is 0.248 e. The molecule has 0 amide bonds. The number of ether oxygens (including phenoxy) is 1. The second-order valence-electron chi connectivity index (χ2n) is 2.19. The zero-order valence-electron chi connectivity index (χ0n) is 5.25. The van der Waals surface area contributed by atoms with Crippen molar-refractivity contribution in [1.82, 2.24) is 0 Å². The van der Waals surface area contributed by atoms with Gasteiger partial charge >= 0.3 is 0 Å². The lowest BCUT2D eigenvalue weighted by atomic mass is 10.1. The van der Waals surface area contributed by atoms with Crippen LogP contribution in [0.4, 0.5) is 0 Å². The highest BCUT2D eigenvalue weighted by Crippen LogP contribution is 2.19. The maximum absolute atomic E-state index is 8.78. The molecule has 1 rings (SSSR count). The molecule has 0 aromatic rings. The molecule has 0 saturated heterocycles. The van der Waals surface area contributed by atoms with Gasteiger partial charge in [0.05, 0.1) is 13.2 Å². The van der Waals surface area contributed by atoms with E-state index in [9.17, 15) is 0 Å². The summed E-state index contributed by atoms with van der Waals surface area (Å²) < 4.78 is 5.47. The first-order chi connectivity index (χ1) is 4.72. The molecular formula is C5H8INO3. The molecule has 10 heavy (non-hydrogen) atoms. The Bertz CT molecular complexity index is 155. The van der Waals surface area contributed by atoms with Gasteiger partial charge < -0.3 is 14.9 Å². The molecule has 2 N–H and O–H groups in total. The topological polar surface area (TPSA) is 62.0 Å². The van der Waals surface area contributed by atoms with Crippen molar-refractivity contribution in [1.29, 1.82) is 0 Å². The van der Waals surface area contributed by atoms with Gasteiger partial charge in [-0.25, -0.2) is 4.99 Å². The third-order valence-corrected chi connectivity index (χ3v) is 1.93. The number of hydrogen-bond acceptors (Lipinski definition) is 4. The van der Waals surface area contributed by atoms with Crippen LogP contribution in [0.1, 0.15) is 0 Å². The minimum atomic E-state index is -0.781. The number of aliphatic imine (C=N–C) groups is 1. The maximum atomic E-state index is 8.78. The number of halogens is 1. The Kier molecular flexibility index (Phi) is 2.48. The van der Waals surface area contributed by atoms with Gasteiger partial charge in [0.1, 0.15) is 12.1 Å². The molecule has 0 fully saturated rings. The smallest absolute Gasteiger partial charge is 0.248 e. The highest BCUT2D eigenvalue weighted by molar-refractivity contribution is 14.1. The number of nitrogens with zero attached hydrogens (tertiary/aromatic N) is 1. The van der Waals surface area contributed by atoms with E-state index in [1.165, 1.54) is 0 Å². The standard InChI is InChI=1S/C5H8INO3/c6-4-7-5(1-8,2-9)3-10-4/h8-9H,1-3H2. The van der Waals surface area contributed by atoms with Crippen molar-refractivity contribution in [3.05, 3.63) is 0 Å². The van der Waals surface area contributed by atoms with Crippen LogP contribution in [-0.4, -0.2) is 39.5 Å². The van der Waals surface area contributed by atoms with Gasteiger partial charge in [0.2, 0.25) is 3.90 Å². The molecule has 1 aliphatic heterocycles. The normalized spacial score (nSPS) is 22.1. The molecule has 0 aromatic heterocycles. The molecule has 0 unspecified atom stereocenters. The van der Waals surface area contributed by atoms with Crippen molar-refractivity contribution in [3.8, 4) is 0 Å². The minimum absolute atomic E-state index is 0.171. The van der Waals surface area contributed by atoms with E-state index in [1.807, 2.05) is 22.6 Å². The molecule has 1 aliphatic rings. The van der Waals surface area contributed by atoms with E-state index in [0.717, 1.165) is 0 Å². The highest BCUT2D eigenvalue weighted by Gasteiger charge is 2.34. The lowest BCUT2D eigenvalue weighted by molar-refractivity contribution is 0.0982. The predicted molar refractivity (Wildman–Crippen MR) is 44.3 cm³/mol. The average molecular weight is 257 g/mol. The van der Waals surface area contributed by atoms with Crippen molar-refractivity contribution in [2.75, 3.05) is 19.8 Å². The van der Waals surface area contributed by atoms with Crippen molar-refractivity contribution in [3.63, 3.8) is 0 Å². The molecule has 0 saturated carbocycles. The van der Waals surface area contributed by atoms with Crippen LogP contribution >= 0.6 is 22.6 Å². The van der Waals surface area contributed by atoms with Gasteiger partial charge in [-0.1, -0.05) is 0 Å². The highest BCUT2D eigenvalue weighted by atomic mass is 127. The van der Waals surface area contributed by atoms with Crippen molar-refractivity contribution >= 4 is 26.5 Å². The van der Waals surface area contributed by atoms with Gasteiger partial charge in [-0.3, -0.25) is 0 Å². The Morgan fingerprint density at radius 3 is 2.40 bits per heavy atom. The van der Waals surface area contributed by atoms with Crippen LogP contribution in [0.15, 0.2) is 4.99 Å². The summed E-state index contributed by atoms with van der Waals surface area (Å²) in [4.78, 5) is 3.94. The van der Waals surface area contributed by atoms with Gasteiger partial charge in [-0.15, -0.1) is 0 Å². The lowest BCUT2D eigenvalue weighted by Gasteiger charge is -2.16. The van der Waals surface area contributed by atoms with Crippen LogP contribution in [0.25, 0.3) is 0 Å². The monoisotopic (exact) mass is 257 g/mol. The second kappa shape index (κ2) is 3.02. The zero-order valence-corrected chi connectivity index (χ0v) is 7.41. The molecule has 0 spiro atoms. The Balaban J connectivity index is 2.68. The van der Waals surface area contributed by atoms with Gasteiger partial charge in [0.15, 0.2) is 0 Å². The Hall–Kier alpha value is 0.120. The van der Waals surface area contributed by atoms with Crippen LogP contribution in [0.5, 0.6) is 0 Å². The Morgan fingerprint density at radius 1 is 1.60 bits per heavy atom. The fourth-order valence-corrected chi connectivity index (χ4v) is 1.32. The number of aliphatic hydroxyl groups excluding tert-OH is 2. The first kappa shape index (κ1) is 8.22. The van der Waals surface area contributed by atoms with Crippen molar-refractivity contribution in [2.24, 2.45) is 4.99 Å². The predicted octanol–water partition coefficient (Wildman–Crippen LogP) is -0.469. The van der Waals surface area contributed by atoms with Crippen LogP contribution in [0.2, 0.25) is 0 Å². The Morgan fingerprint density at radius 2 is 2.20 bits per heavy atom. The molecule has 0 aliphatic carbocycles. The molecule has 5 heteroatoms. The summed E-state index contributed by atoms with van der Waals surface area (Å²) in [6, 6.07) is 0. The SMILES string of the molecule is OCC1(CO)COC(I)=N1. The summed E-state index contributed by atoms with van der Waals surface area (Å²) in [6.07, 6.45) is 0. The van der Waals surface area contributed by atoms with Crippen molar-refractivity contribution in [2.45, 2.75) is 5.54 Å². The van der Waals surface area contributed by atoms with E-state index < -0.39 is 5.54 Å². The molecule has 1 heterocycles. The van der Waals surface area contributed by atoms with E-state index in [0.29, 0.717) is 3.90 Å². The van der Waals surface area contributed by atoms with E-state index in [-0.39, 0.29) is 19.8 Å². The number of aliphatic hydroxyl groups is 2. The van der Waals surface area contributed by atoms with E-state index in [1.54, 1.807) is 0 Å². The largest absolute Gasteiger partial charge is 0.471 e. The summed E-state index contributed by atoms with van der Waals surface area (Å²) in [5.41, 5.74) is -0.781. The van der Waals surface area contributed by atoms with Crippen molar-refractivity contribution < 1.29 is 14.9 Å². The zero-order chi connectivity index (χ0) is 7.61. The fraction of sp³-hybridized carbons (Fsp3) is 0.800. The number of rotatable bonds is 2. The molecule has 58 valence electrons. The van der Waals surface area contributed by atoms with Crippen LogP contribution < -0.4 is 0 Å². The summed E-state index contributed by atoms with van der Waals surface area (Å²) >= 11 is 1.91. The quantitative estimate of drug-likeness (QED) is 0.657. The first-order valence-electron chi connectivity index (χ1n) is 2.82. The molecule has 4 nitrogen and oxygen atoms in total. The lowest BCUT2D eigenvalue weighted by Crippen LogP contribution is -2.37. The van der Waals surface area contributed by atoms with Crippen LogP contribution in [0.3, 0.4) is 0 Å². The van der Waals surface area contributed by atoms with Crippen LogP contribution in [0, 0.1) is 0 Å². The molecule has 0 aromatic carbocycles. The minimum Gasteiger partial charge on any atom is -0.471 e. The molecular weight excluding hydrogens is 249 g/mol. The average Bonchev–Trinajstić information content (AvgIpc) is 2.33. The molecule has 0 radical (unpaired) electrons. The summed E-state index contributed by atoms with van der Waals surface area (Å²) in [5, 5.41) is 17.6. The van der Waals surface area contributed by atoms with Gasteiger partial charge in [-0.05, 0) is 0 Å². The number of hydrogen-bond donors (Lipinski definition) is 2. The van der Waals surface area contributed by atoms with Gasteiger partial charge in [0, 0.05) is 22.6 Å². The van der Waals surface area contributed by atoms with E-state index >= 15 is 0 Å². The first-order valence-corrected chi connectivity index (χ1v) is 3.90. The Labute approximate surface area is 72.1 Å². The third-order valence-electron chi connectivity index (χ3n) is 1.37. The van der Waals surface area contributed by atoms with Gasteiger partial charge in [-0.2, -0.15) is 0 Å².